The van der Waals surface area contributed by atoms with Crippen molar-refractivity contribution in [3.05, 3.63) is 36.2 Å². The zero-order valence-electron chi connectivity index (χ0n) is 13.6. The molecule has 130 valence electrons. The predicted molar refractivity (Wildman–Crippen MR) is 102 cm³/mol. The highest BCUT2D eigenvalue weighted by Crippen LogP contribution is 2.27. The molecule has 2 heterocycles. The van der Waals surface area contributed by atoms with Crippen molar-refractivity contribution in [3.8, 4) is 0 Å². The normalized spacial score (nSPS) is 10.6. The van der Waals surface area contributed by atoms with Crippen LogP contribution in [-0.4, -0.2) is 31.7 Å². The van der Waals surface area contributed by atoms with Gasteiger partial charge in [-0.3, -0.25) is 0 Å². The fourth-order valence-corrected chi connectivity index (χ4v) is 3.54. The number of hydrogen-bond acceptors (Lipinski definition) is 10. The van der Waals surface area contributed by atoms with Gasteiger partial charge in [-0.1, -0.05) is 48.2 Å². The van der Waals surface area contributed by atoms with Crippen LogP contribution in [0.3, 0.4) is 0 Å². The average molecular weight is 374 g/mol. The maximum absolute atomic E-state index is 5.79. The molecule has 1 aromatic carbocycles. The Morgan fingerprint density at radius 3 is 2.76 bits per heavy atom. The average Bonchev–Trinajstić information content (AvgIpc) is 3.06. The van der Waals surface area contributed by atoms with E-state index < -0.39 is 0 Å². The molecule has 0 bridgehead atoms. The van der Waals surface area contributed by atoms with Crippen LogP contribution in [0.4, 0.5) is 22.7 Å². The highest BCUT2D eigenvalue weighted by Gasteiger charge is 2.09. The summed E-state index contributed by atoms with van der Waals surface area (Å²) < 4.78 is 0.857. The highest BCUT2D eigenvalue weighted by atomic mass is 32.2. The molecule has 3 rings (SSSR count). The summed E-state index contributed by atoms with van der Waals surface area (Å²) in [6.45, 7) is 2.99. The number of nitrogens with one attached hydrogen (secondary N) is 2. The van der Waals surface area contributed by atoms with Gasteiger partial charge < -0.3 is 16.4 Å². The summed E-state index contributed by atoms with van der Waals surface area (Å²) in [5.74, 6) is 1.75. The van der Waals surface area contributed by atoms with Gasteiger partial charge in [0.15, 0.2) is 4.34 Å². The summed E-state index contributed by atoms with van der Waals surface area (Å²) in [6, 6.07) is 9.67. The Bertz CT molecular complexity index is 808. The summed E-state index contributed by atoms with van der Waals surface area (Å²) in [5.41, 5.74) is 6.69. The van der Waals surface area contributed by atoms with Crippen LogP contribution in [0.2, 0.25) is 0 Å². The molecule has 0 atom stereocenters. The molecule has 2 aromatic heterocycles. The first kappa shape index (κ1) is 17.4. The second-order valence-corrected chi connectivity index (χ2v) is 7.21. The van der Waals surface area contributed by atoms with Gasteiger partial charge in [-0.05, 0) is 18.6 Å². The van der Waals surface area contributed by atoms with E-state index in [1.54, 1.807) is 0 Å². The van der Waals surface area contributed by atoms with E-state index in [0.29, 0.717) is 17.5 Å². The quantitative estimate of drug-likeness (QED) is 0.511. The Hall–Kier alpha value is -2.46. The van der Waals surface area contributed by atoms with E-state index in [1.807, 2.05) is 30.3 Å². The molecule has 0 saturated carbocycles. The number of nitrogens with two attached hydrogens (primary N) is 1. The molecular weight excluding hydrogens is 356 g/mol. The maximum Gasteiger partial charge on any atom is 0.232 e. The number of para-hydroxylation sites is 1. The lowest BCUT2D eigenvalue weighted by Gasteiger charge is -2.06. The van der Waals surface area contributed by atoms with E-state index in [4.69, 9.17) is 5.73 Å². The zero-order chi connectivity index (χ0) is 17.5. The molecule has 0 saturated heterocycles. The standard InChI is InChI=1S/C15H18N8S2/c1-2-8-17-14-22-23-15(25-14)24-9-11-19-12(16)21-13(20-11)18-10-6-4-3-5-7-10/h3-7H,2,8-9H2,1H3,(H,17,22)(H3,16,18,19,20,21). The van der Waals surface area contributed by atoms with Gasteiger partial charge in [0.1, 0.15) is 5.82 Å². The van der Waals surface area contributed by atoms with Gasteiger partial charge in [-0.25, -0.2) is 0 Å². The van der Waals surface area contributed by atoms with Gasteiger partial charge in [-0.2, -0.15) is 15.0 Å². The number of anilines is 4. The van der Waals surface area contributed by atoms with Gasteiger partial charge in [0.2, 0.25) is 17.0 Å². The number of thioether (sulfide) groups is 1. The summed E-state index contributed by atoms with van der Waals surface area (Å²) in [4.78, 5) is 12.7. The van der Waals surface area contributed by atoms with Crippen LogP contribution in [0.1, 0.15) is 19.2 Å². The second kappa shape index (κ2) is 8.58. The highest BCUT2D eigenvalue weighted by molar-refractivity contribution is 8.00. The number of benzene rings is 1. The van der Waals surface area contributed by atoms with Crippen LogP contribution in [0.15, 0.2) is 34.7 Å². The van der Waals surface area contributed by atoms with E-state index in [0.717, 1.165) is 28.1 Å². The largest absolute Gasteiger partial charge is 0.368 e. The summed E-state index contributed by atoms with van der Waals surface area (Å²) in [6.07, 6.45) is 1.05. The Morgan fingerprint density at radius 1 is 1.12 bits per heavy atom. The van der Waals surface area contributed by atoms with Crippen LogP contribution in [0.25, 0.3) is 0 Å². The van der Waals surface area contributed by atoms with E-state index in [9.17, 15) is 0 Å². The Kier molecular flexibility index (Phi) is 5.96. The number of hydrogen-bond donors (Lipinski definition) is 3. The molecule has 25 heavy (non-hydrogen) atoms. The molecule has 0 aliphatic heterocycles. The predicted octanol–water partition coefficient (Wildman–Crippen LogP) is 3.16. The van der Waals surface area contributed by atoms with Crippen molar-refractivity contribution in [2.24, 2.45) is 0 Å². The van der Waals surface area contributed by atoms with Crippen LogP contribution >= 0.6 is 23.1 Å². The fraction of sp³-hybridized carbons (Fsp3) is 0.267. The van der Waals surface area contributed by atoms with Crippen LogP contribution < -0.4 is 16.4 Å². The second-order valence-electron chi connectivity index (χ2n) is 5.01. The monoisotopic (exact) mass is 374 g/mol. The molecule has 10 heteroatoms. The molecular formula is C15H18N8S2. The minimum absolute atomic E-state index is 0.187. The number of rotatable bonds is 8. The molecule has 0 aliphatic rings. The molecule has 4 N–H and O–H groups in total. The fourth-order valence-electron chi connectivity index (χ4n) is 1.91. The molecule has 0 fully saturated rings. The topological polar surface area (TPSA) is 115 Å². The van der Waals surface area contributed by atoms with E-state index in [-0.39, 0.29) is 5.95 Å². The maximum atomic E-state index is 5.79. The Balaban J connectivity index is 1.63. The SMILES string of the molecule is CCCNc1nnc(SCc2nc(N)nc(Nc3ccccc3)n2)s1. The lowest BCUT2D eigenvalue weighted by atomic mass is 10.3. The van der Waals surface area contributed by atoms with Crippen molar-refractivity contribution in [2.75, 3.05) is 22.9 Å². The third-order valence-corrected chi connectivity index (χ3v) is 5.00. The first-order chi connectivity index (χ1) is 12.2. The van der Waals surface area contributed by atoms with Crippen molar-refractivity contribution in [1.82, 2.24) is 25.1 Å². The van der Waals surface area contributed by atoms with Crippen LogP contribution in [-0.2, 0) is 5.75 Å². The van der Waals surface area contributed by atoms with E-state index in [1.165, 1.54) is 23.1 Å². The van der Waals surface area contributed by atoms with Crippen LogP contribution in [0.5, 0.6) is 0 Å². The molecule has 0 radical (unpaired) electrons. The van der Waals surface area contributed by atoms with Crippen LogP contribution in [0, 0.1) is 0 Å². The number of nitrogens with zero attached hydrogens (tertiary/aromatic N) is 5. The van der Waals surface area contributed by atoms with Gasteiger partial charge >= 0.3 is 0 Å². The van der Waals surface area contributed by atoms with Gasteiger partial charge in [0.25, 0.3) is 0 Å². The minimum Gasteiger partial charge on any atom is -0.368 e. The van der Waals surface area contributed by atoms with Gasteiger partial charge in [0, 0.05) is 12.2 Å². The zero-order valence-corrected chi connectivity index (χ0v) is 15.3. The summed E-state index contributed by atoms with van der Waals surface area (Å²) in [5, 5.41) is 15.4. The van der Waals surface area contributed by atoms with Crippen molar-refractivity contribution in [3.63, 3.8) is 0 Å². The number of aromatic nitrogens is 5. The molecule has 0 aliphatic carbocycles. The summed E-state index contributed by atoms with van der Waals surface area (Å²) >= 11 is 3.03. The van der Waals surface area contributed by atoms with Crippen molar-refractivity contribution >= 4 is 45.8 Å². The van der Waals surface area contributed by atoms with Gasteiger partial charge in [0.05, 0.1) is 5.75 Å². The molecule has 0 spiro atoms. The molecule has 0 amide bonds. The Morgan fingerprint density at radius 2 is 1.96 bits per heavy atom. The number of nitrogen functional groups attached to an aromatic ring is 1. The summed E-state index contributed by atoms with van der Waals surface area (Å²) in [7, 11) is 0. The molecule has 8 nitrogen and oxygen atoms in total. The van der Waals surface area contributed by atoms with Crippen molar-refractivity contribution < 1.29 is 0 Å². The third-order valence-electron chi connectivity index (χ3n) is 2.99. The molecule has 3 aromatic rings. The lowest BCUT2D eigenvalue weighted by Crippen LogP contribution is -2.06. The smallest absolute Gasteiger partial charge is 0.232 e. The minimum atomic E-state index is 0.187. The van der Waals surface area contributed by atoms with E-state index in [2.05, 4.69) is 42.7 Å². The first-order valence-corrected chi connectivity index (χ1v) is 9.56. The third kappa shape index (κ3) is 5.26. The van der Waals surface area contributed by atoms with E-state index >= 15 is 0 Å². The van der Waals surface area contributed by atoms with Gasteiger partial charge in [-0.15, -0.1) is 10.2 Å². The first-order valence-electron chi connectivity index (χ1n) is 7.75. The lowest BCUT2D eigenvalue weighted by molar-refractivity contribution is 0.949. The Labute approximate surface area is 153 Å². The van der Waals surface area contributed by atoms with Crippen molar-refractivity contribution in [1.29, 1.82) is 0 Å². The van der Waals surface area contributed by atoms with Crippen molar-refractivity contribution in [2.45, 2.75) is 23.4 Å². The molecule has 0 unspecified atom stereocenters.